The molecule has 1 fully saturated rings. The van der Waals surface area contributed by atoms with Crippen LogP contribution in [-0.4, -0.2) is 30.3 Å². The lowest BCUT2D eigenvalue weighted by Crippen LogP contribution is -2.14. The van der Waals surface area contributed by atoms with Crippen molar-refractivity contribution in [2.75, 3.05) is 19.4 Å². The summed E-state index contributed by atoms with van der Waals surface area (Å²) in [5.74, 6) is 0.0184. The van der Waals surface area contributed by atoms with Gasteiger partial charge in [0.2, 0.25) is 7.37 Å². The van der Waals surface area contributed by atoms with Gasteiger partial charge in [0.1, 0.15) is 0 Å². The molecule has 4 nitrogen and oxygen atoms in total. The monoisotopic (exact) mass is 302 g/mol. The van der Waals surface area contributed by atoms with Gasteiger partial charge >= 0.3 is 5.97 Å². The lowest BCUT2D eigenvalue weighted by Gasteiger charge is -2.20. The highest BCUT2D eigenvalue weighted by atomic mass is 31.2. The van der Waals surface area contributed by atoms with Gasteiger partial charge in [-0.1, -0.05) is 39.2 Å². The summed E-state index contributed by atoms with van der Waals surface area (Å²) in [4.78, 5) is 21.9. The van der Waals surface area contributed by atoms with Gasteiger partial charge in [-0.05, 0) is 24.7 Å². The minimum absolute atomic E-state index is 0.0612. The molecule has 0 bridgehead atoms. The predicted molar refractivity (Wildman–Crippen MR) is 81.1 cm³/mol. The van der Waals surface area contributed by atoms with Gasteiger partial charge in [0.25, 0.3) is 0 Å². The highest BCUT2D eigenvalue weighted by Crippen LogP contribution is 2.44. The fraction of sp³-hybridized carbons (Fsp3) is 0.800. The highest BCUT2D eigenvalue weighted by Gasteiger charge is 2.26. The average Bonchev–Trinajstić information content (AvgIpc) is 2.36. The van der Waals surface area contributed by atoms with E-state index in [2.05, 4.69) is 0 Å². The Bertz CT molecular complexity index is 395. The van der Waals surface area contributed by atoms with Crippen molar-refractivity contribution < 1.29 is 19.0 Å². The summed E-state index contributed by atoms with van der Waals surface area (Å²) in [5, 5.41) is 0. The average molecular weight is 302 g/mol. The third-order valence-corrected chi connectivity index (χ3v) is 5.74. The van der Waals surface area contributed by atoms with E-state index in [0.29, 0.717) is 11.5 Å². The Morgan fingerprint density at radius 1 is 1.35 bits per heavy atom. The second-order valence-corrected chi connectivity index (χ2v) is 8.54. The van der Waals surface area contributed by atoms with Crippen LogP contribution in [0.3, 0.4) is 0 Å². The lowest BCUT2D eigenvalue weighted by molar-refractivity contribution is -0.136. The standard InChI is InChI=1S/C15H27O4P/c1-12(2)10-20(17,18)11-14(15(16)19-3)9-13-7-5-4-6-8-13/h9,12-13H,4-8,10-11H2,1-3H3,(H,17,18)/b14-9+. The number of methoxy groups -OCH3 is 1. The lowest BCUT2D eigenvalue weighted by atomic mass is 9.88. The molecule has 5 heteroatoms. The topological polar surface area (TPSA) is 63.6 Å². The van der Waals surface area contributed by atoms with Gasteiger partial charge in [0, 0.05) is 11.7 Å². The zero-order valence-electron chi connectivity index (χ0n) is 12.8. The van der Waals surface area contributed by atoms with E-state index in [1.807, 2.05) is 19.9 Å². The molecular formula is C15H27O4P. The van der Waals surface area contributed by atoms with Crippen molar-refractivity contribution >= 4 is 13.3 Å². The van der Waals surface area contributed by atoms with Crippen LogP contribution in [0.2, 0.25) is 0 Å². The molecule has 0 aromatic heterocycles. The van der Waals surface area contributed by atoms with Gasteiger partial charge in [-0.25, -0.2) is 4.79 Å². The number of allylic oxidation sites excluding steroid dienone is 1. The molecule has 0 aromatic carbocycles. The van der Waals surface area contributed by atoms with Crippen LogP contribution >= 0.6 is 7.37 Å². The van der Waals surface area contributed by atoms with Crippen molar-refractivity contribution in [3.05, 3.63) is 11.6 Å². The van der Waals surface area contributed by atoms with E-state index in [0.717, 1.165) is 12.8 Å². The molecule has 1 atom stereocenters. The Kier molecular flexibility index (Phi) is 6.97. The highest BCUT2D eigenvalue weighted by molar-refractivity contribution is 7.58. The van der Waals surface area contributed by atoms with Crippen LogP contribution in [0, 0.1) is 11.8 Å². The van der Waals surface area contributed by atoms with Gasteiger partial charge in [-0.2, -0.15) is 0 Å². The molecule has 0 aromatic rings. The van der Waals surface area contributed by atoms with Crippen LogP contribution < -0.4 is 0 Å². The van der Waals surface area contributed by atoms with Gasteiger partial charge in [0.05, 0.1) is 13.3 Å². The summed E-state index contributed by atoms with van der Waals surface area (Å²) in [6.45, 7) is 3.82. The van der Waals surface area contributed by atoms with Gasteiger partial charge in [-0.15, -0.1) is 0 Å². The molecule has 20 heavy (non-hydrogen) atoms. The van der Waals surface area contributed by atoms with E-state index < -0.39 is 13.3 Å². The smallest absolute Gasteiger partial charge is 0.333 e. The van der Waals surface area contributed by atoms with Gasteiger partial charge < -0.3 is 9.63 Å². The second-order valence-electron chi connectivity index (χ2n) is 6.16. The minimum Gasteiger partial charge on any atom is -0.466 e. The predicted octanol–water partition coefficient (Wildman–Crippen LogP) is 3.59. The summed E-state index contributed by atoms with van der Waals surface area (Å²) in [7, 11) is -1.99. The maximum absolute atomic E-state index is 12.2. The minimum atomic E-state index is -3.31. The molecule has 0 radical (unpaired) electrons. The number of carbonyl (C=O) groups is 1. The number of ether oxygens (including phenoxy) is 1. The SMILES string of the molecule is COC(=O)/C(=C/C1CCCCC1)CP(=O)(O)CC(C)C. The maximum Gasteiger partial charge on any atom is 0.333 e. The number of rotatable bonds is 6. The van der Waals surface area contributed by atoms with Crippen LogP contribution in [0.1, 0.15) is 46.0 Å². The Hall–Kier alpha value is -0.600. The largest absolute Gasteiger partial charge is 0.466 e. The van der Waals surface area contributed by atoms with Crippen LogP contribution in [0.15, 0.2) is 11.6 Å². The molecule has 0 aliphatic heterocycles. The molecule has 0 heterocycles. The molecule has 0 amide bonds. The first-order valence-electron chi connectivity index (χ1n) is 7.44. The number of hydrogen-bond donors (Lipinski definition) is 1. The molecule has 1 rings (SSSR count). The Morgan fingerprint density at radius 3 is 2.45 bits per heavy atom. The van der Waals surface area contributed by atoms with Crippen molar-refractivity contribution in [2.45, 2.75) is 46.0 Å². The first-order valence-corrected chi connectivity index (χ1v) is 9.47. The van der Waals surface area contributed by atoms with Crippen LogP contribution in [0.25, 0.3) is 0 Å². The van der Waals surface area contributed by atoms with Gasteiger partial charge in [0.15, 0.2) is 0 Å². The summed E-state index contributed by atoms with van der Waals surface area (Å²) in [6, 6.07) is 0. The fourth-order valence-electron chi connectivity index (χ4n) is 2.80. The quantitative estimate of drug-likeness (QED) is 0.462. The molecule has 1 unspecified atom stereocenters. The van der Waals surface area contributed by atoms with Crippen molar-refractivity contribution in [3.8, 4) is 0 Å². The summed E-state index contributed by atoms with van der Waals surface area (Å²) < 4.78 is 17.0. The van der Waals surface area contributed by atoms with Crippen LogP contribution in [-0.2, 0) is 14.1 Å². The molecule has 1 aliphatic carbocycles. The number of hydrogen-bond acceptors (Lipinski definition) is 3. The van der Waals surface area contributed by atoms with Crippen molar-refractivity contribution in [1.29, 1.82) is 0 Å². The van der Waals surface area contributed by atoms with E-state index in [-0.39, 0.29) is 18.2 Å². The maximum atomic E-state index is 12.2. The van der Waals surface area contributed by atoms with E-state index in [4.69, 9.17) is 4.74 Å². The molecule has 0 saturated heterocycles. The van der Waals surface area contributed by atoms with Crippen molar-refractivity contribution in [3.63, 3.8) is 0 Å². The molecule has 1 aliphatic rings. The zero-order chi connectivity index (χ0) is 15.2. The second kappa shape index (κ2) is 7.99. The Balaban J connectivity index is 2.81. The fourth-order valence-corrected chi connectivity index (χ4v) is 4.84. The number of carbonyl (C=O) groups excluding carboxylic acids is 1. The van der Waals surface area contributed by atoms with E-state index in [1.54, 1.807) is 0 Å². The third-order valence-electron chi connectivity index (χ3n) is 3.60. The molecule has 1 saturated carbocycles. The van der Waals surface area contributed by atoms with Crippen molar-refractivity contribution in [2.24, 2.45) is 11.8 Å². The normalized spacial score (nSPS) is 20.8. The molecule has 0 spiro atoms. The van der Waals surface area contributed by atoms with E-state index in [9.17, 15) is 14.3 Å². The van der Waals surface area contributed by atoms with Crippen molar-refractivity contribution in [1.82, 2.24) is 0 Å². The number of esters is 1. The Labute approximate surface area is 122 Å². The Morgan fingerprint density at radius 2 is 1.95 bits per heavy atom. The van der Waals surface area contributed by atoms with Gasteiger partial charge in [-0.3, -0.25) is 4.57 Å². The van der Waals surface area contributed by atoms with Crippen LogP contribution in [0.5, 0.6) is 0 Å². The first-order chi connectivity index (χ1) is 9.34. The molecule has 1 N–H and O–H groups in total. The zero-order valence-corrected chi connectivity index (χ0v) is 13.7. The summed E-state index contributed by atoms with van der Waals surface area (Å²) >= 11 is 0. The molecular weight excluding hydrogens is 275 g/mol. The summed E-state index contributed by atoms with van der Waals surface area (Å²) in [5.41, 5.74) is 0.380. The van der Waals surface area contributed by atoms with E-state index >= 15 is 0 Å². The van der Waals surface area contributed by atoms with Crippen LogP contribution in [0.4, 0.5) is 0 Å². The first kappa shape index (κ1) is 17.5. The summed E-state index contributed by atoms with van der Waals surface area (Å²) in [6.07, 6.45) is 7.75. The van der Waals surface area contributed by atoms with E-state index in [1.165, 1.54) is 26.4 Å². The third kappa shape index (κ3) is 6.23. The molecule has 116 valence electrons.